The van der Waals surface area contributed by atoms with Crippen molar-refractivity contribution in [2.24, 2.45) is 0 Å². The van der Waals surface area contributed by atoms with Gasteiger partial charge >= 0.3 is 22.9 Å². The predicted molar refractivity (Wildman–Crippen MR) is 106 cm³/mol. The van der Waals surface area contributed by atoms with Gasteiger partial charge in [-0.15, -0.1) is 11.3 Å². The van der Waals surface area contributed by atoms with Gasteiger partial charge in [-0.05, 0) is 35.2 Å². The van der Waals surface area contributed by atoms with E-state index in [1.54, 1.807) is 28.6 Å². The molecule has 0 spiro atoms. The Kier molecular flexibility index (Phi) is 5.69. The SMILES string of the molecule is COc1cc(C=Cc2[nH]c(=O)[nH]c(=O)c2[N+](=O)[O-])ccc1OC(=O)c1cccs1. The normalized spacial score (nSPS) is 10.8. The third-order valence-corrected chi connectivity index (χ3v) is 4.53. The van der Waals surface area contributed by atoms with Crippen molar-refractivity contribution in [3.05, 3.63) is 82.8 Å². The molecule has 148 valence electrons. The molecular weight excluding hydrogens is 402 g/mol. The number of benzene rings is 1. The van der Waals surface area contributed by atoms with E-state index in [9.17, 15) is 24.5 Å². The van der Waals surface area contributed by atoms with Crippen molar-refractivity contribution >= 4 is 35.1 Å². The number of rotatable bonds is 6. The maximum atomic E-state index is 12.1. The van der Waals surface area contributed by atoms with Crippen LogP contribution in [0.25, 0.3) is 12.2 Å². The van der Waals surface area contributed by atoms with Crippen molar-refractivity contribution in [3.8, 4) is 11.5 Å². The number of nitro groups is 1. The first-order chi connectivity index (χ1) is 13.9. The third kappa shape index (κ3) is 4.47. The number of aromatic nitrogens is 2. The van der Waals surface area contributed by atoms with Gasteiger partial charge in [0.2, 0.25) is 0 Å². The Morgan fingerprint density at radius 3 is 2.62 bits per heavy atom. The minimum absolute atomic E-state index is 0.193. The Hall–Kier alpha value is -3.99. The van der Waals surface area contributed by atoms with Crippen LogP contribution in [0.5, 0.6) is 11.5 Å². The summed E-state index contributed by atoms with van der Waals surface area (Å²) in [5.74, 6) is -0.0807. The molecule has 2 aromatic heterocycles. The number of nitrogens with one attached hydrogen (secondary N) is 2. The molecule has 0 bridgehead atoms. The first kappa shape index (κ1) is 19.8. The number of hydrogen-bond donors (Lipinski definition) is 2. The van der Waals surface area contributed by atoms with Crippen LogP contribution in [-0.2, 0) is 0 Å². The van der Waals surface area contributed by atoms with E-state index in [0.717, 1.165) is 0 Å². The maximum absolute atomic E-state index is 12.1. The quantitative estimate of drug-likeness (QED) is 0.272. The van der Waals surface area contributed by atoms with Crippen molar-refractivity contribution in [2.45, 2.75) is 0 Å². The average Bonchev–Trinajstić information content (AvgIpc) is 3.21. The number of carbonyl (C=O) groups excluding carboxylic acids is 1. The molecule has 0 unspecified atom stereocenters. The van der Waals surface area contributed by atoms with Crippen LogP contribution in [0.4, 0.5) is 5.69 Å². The number of thiophene rings is 1. The molecule has 3 aromatic rings. The molecule has 0 saturated carbocycles. The Balaban J connectivity index is 1.90. The van der Waals surface area contributed by atoms with Gasteiger partial charge < -0.3 is 14.5 Å². The second-order valence-corrected chi connectivity index (χ2v) is 6.49. The number of ether oxygens (including phenoxy) is 2. The zero-order valence-corrected chi connectivity index (χ0v) is 15.6. The second-order valence-electron chi connectivity index (χ2n) is 5.54. The first-order valence-corrected chi connectivity index (χ1v) is 8.90. The average molecular weight is 415 g/mol. The summed E-state index contributed by atoms with van der Waals surface area (Å²) in [5, 5.41) is 12.8. The zero-order chi connectivity index (χ0) is 21.0. The van der Waals surface area contributed by atoms with E-state index < -0.39 is 27.8 Å². The molecule has 10 nitrogen and oxygen atoms in total. The lowest BCUT2D eigenvalue weighted by Crippen LogP contribution is -2.25. The van der Waals surface area contributed by atoms with Crippen molar-refractivity contribution in [1.82, 2.24) is 9.97 Å². The van der Waals surface area contributed by atoms with Gasteiger partial charge in [-0.3, -0.25) is 19.9 Å². The van der Waals surface area contributed by atoms with Crippen LogP contribution in [0.2, 0.25) is 0 Å². The van der Waals surface area contributed by atoms with E-state index in [1.165, 1.54) is 42.7 Å². The number of aromatic amines is 2. The highest BCUT2D eigenvalue weighted by atomic mass is 32.1. The first-order valence-electron chi connectivity index (χ1n) is 8.02. The van der Waals surface area contributed by atoms with E-state index in [1.807, 2.05) is 0 Å². The Bertz CT molecular complexity index is 1210. The van der Waals surface area contributed by atoms with Gasteiger partial charge in [0.25, 0.3) is 0 Å². The highest BCUT2D eigenvalue weighted by Crippen LogP contribution is 2.30. The molecule has 0 radical (unpaired) electrons. The standard InChI is InChI=1S/C18H13N3O7S/c1-27-13-9-10(5-7-12(13)28-17(23)14-3-2-8-29-14)4-6-11-15(21(25)26)16(22)20-18(24)19-11/h2-9H,1H3,(H2,19,20,22,24). The molecule has 0 saturated heterocycles. The van der Waals surface area contributed by atoms with E-state index >= 15 is 0 Å². The summed E-state index contributed by atoms with van der Waals surface area (Å²) in [4.78, 5) is 49.8. The molecule has 0 aliphatic carbocycles. The molecule has 0 atom stereocenters. The number of esters is 1. The number of carbonyl (C=O) groups is 1. The van der Waals surface area contributed by atoms with Gasteiger partial charge in [0.1, 0.15) is 10.6 Å². The van der Waals surface area contributed by atoms with Gasteiger partial charge in [0, 0.05) is 0 Å². The summed E-state index contributed by atoms with van der Waals surface area (Å²) in [6, 6.07) is 7.97. The molecule has 2 N–H and O–H groups in total. The van der Waals surface area contributed by atoms with Crippen LogP contribution in [-0.4, -0.2) is 28.0 Å². The largest absolute Gasteiger partial charge is 0.493 e. The van der Waals surface area contributed by atoms with Crippen LogP contribution in [0.15, 0.2) is 45.3 Å². The fourth-order valence-electron chi connectivity index (χ4n) is 2.40. The Morgan fingerprint density at radius 1 is 1.17 bits per heavy atom. The number of hydrogen-bond acceptors (Lipinski definition) is 8. The zero-order valence-electron chi connectivity index (χ0n) is 14.8. The number of H-pyrrole nitrogens is 2. The monoisotopic (exact) mass is 415 g/mol. The van der Waals surface area contributed by atoms with E-state index in [-0.39, 0.29) is 17.2 Å². The van der Waals surface area contributed by atoms with Crippen LogP contribution in [0.1, 0.15) is 20.9 Å². The van der Waals surface area contributed by atoms with Gasteiger partial charge in [-0.1, -0.05) is 18.2 Å². The lowest BCUT2D eigenvalue weighted by atomic mass is 10.1. The fourth-order valence-corrected chi connectivity index (χ4v) is 2.99. The predicted octanol–water partition coefficient (Wildman–Crippen LogP) is 2.43. The summed E-state index contributed by atoms with van der Waals surface area (Å²) < 4.78 is 10.5. The molecule has 2 heterocycles. The minimum atomic E-state index is -1.10. The van der Waals surface area contributed by atoms with Crippen molar-refractivity contribution in [1.29, 1.82) is 0 Å². The third-order valence-electron chi connectivity index (χ3n) is 3.68. The number of methoxy groups -OCH3 is 1. The second kappa shape index (κ2) is 8.35. The van der Waals surface area contributed by atoms with Gasteiger partial charge in [0.15, 0.2) is 11.5 Å². The number of nitrogens with zero attached hydrogens (tertiary/aromatic N) is 1. The molecule has 0 amide bonds. The maximum Gasteiger partial charge on any atom is 0.357 e. The molecular formula is C18H13N3O7S. The smallest absolute Gasteiger partial charge is 0.357 e. The van der Waals surface area contributed by atoms with Gasteiger partial charge in [0.05, 0.1) is 12.0 Å². The highest BCUT2D eigenvalue weighted by Gasteiger charge is 2.19. The lowest BCUT2D eigenvalue weighted by Gasteiger charge is -2.09. The molecule has 1 aromatic carbocycles. The molecule has 0 aliphatic heterocycles. The van der Waals surface area contributed by atoms with E-state index in [4.69, 9.17) is 9.47 Å². The van der Waals surface area contributed by atoms with Crippen LogP contribution in [0.3, 0.4) is 0 Å². The molecule has 0 fully saturated rings. The fraction of sp³-hybridized carbons (Fsp3) is 0.0556. The Morgan fingerprint density at radius 2 is 1.97 bits per heavy atom. The van der Waals surface area contributed by atoms with Crippen molar-refractivity contribution in [2.75, 3.05) is 7.11 Å². The summed E-state index contributed by atoms with van der Waals surface area (Å²) in [5.41, 5.74) is -2.49. The van der Waals surface area contributed by atoms with Crippen molar-refractivity contribution < 1.29 is 19.2 Å². The lowest BCUT2D eigenvalue weighted by molar-refractivity contribution is -0.386. The van der Waals surface area contributed by atoms with Gasteiger partial charge in [-0.25, -0.2) is 9.59 Å². The summed E-state index contributed by atoms with van der Waals surface area (Å²) in [7, 11) is 1.39. The molecule has 3 rings (SSSR count). The summed E-state index contributed by atoms with van der Waals surface area (Å²) in [6.45, 7) is 0. The molecule has 29 heavy (non-hydrogen) atoms. The Labute approximate surface area is 166 Å². The van der Waals surface area contributed by atoms with Crippen molar-refractivity contribution in [3.63, 3.8) is 0 Å². The van der Waals surface area contributed by atoms with Crippen LogP contribution in [0, 0.1) is 10.1 Å². The van der Waals surface area contributed by atoms with E-state index in [0.29, 0.717) is 10.4 Å². The molecule has 0 aliphatic rings. The minimum Gasteiger partial charge on any atom is -0.493 e. The van der Waals surface area contributed by atoms with Crippen LogP contribution >= 0.6 is 11.3 Å². The molecule has 11 heteroatoms. The van der Waals surface area contributed by atoms with Gasteiger partial charge in [-0.2, -0.15) is 0 Å². The highest BCUT2D eigenvalue weighted by molar-refractivity contribution is 7.12. The topological polar surface area (TPSA) is 144 Å². The van der Waals surface area contributed by atoms with Crippen LogP contribution < -0.4 is 20.7 Å². The summed E-state index contributed by atoms with van der Waals surface area (Å²) in [6.07, 6.45) is 2.66. The summed E-state index contributed by atoms with van der Waals surface area (Å²) >= 11 is 1.24. The van der Waals surface area contributed by atoms with E-state index in [2.05, 4.69) is 4.98 Å².